The smallest absolute Gasteiger partial charge is 0.261 e. The van der Waals surface area contributed by atoms with Crippen LogP contribution in [0.1, 0.15) is 10.4 Å². The predicted molar refractivity (Wildman–Crippen MR) is 129 cm³/mol. The Morgan fingerprint density at radius 1 is 0.939 bits per heavy atom. The van der Waals surface area contributed by atoms with Crippen molar-refractivity contribution in [3.8, 4) is 0 Å². The minimum Gasteiger partial charge on any atom is -0.298 e. The predicted octanol–water partition coefficient (Wildman–Crippen LogP) is 4.41. The second kappa shape index (κ2) is 8.75. The van der Waals surface area contributed by atoms with E-state index in [9.17, 15) is 21.6 Å². The number of nitrogens with zero attached hydrogens (tertiary/aromatic N) is 1. The van der Waals surface area contributed by atoms with Crippen molar-refractivity contribution in [1.29, 1.82) is 0 Å². The van der Waals surface area contributed by atoms with E-state index in [-0.39, 0.29) is 26.1 Å². The molecule has 0 aliphatic heterocycles. The minimum atomic E-state index is -4.08. The number of nitrogens with one attached hydrogen (secondary N) is 2. The van der Waals surface area contributed by atoms with Crippen LogP contribution in [0.15, 0.2) is 76.5 Å². The number of carbonyl (C=O) groups excluding carboxylic acids is 1. The summed E-state index contributed by atoms with van der Waals surface area (Å²) >= 11 is 7.44. The first-order chi connectivity index (χ1) is 15.5. The van der Waals surface area contributed by atoms with Gasteiger partial charge in [-0.2, -0.15) is 0 Å². The van der Waals surface area contributed by atoms with E-state index in [0.717, 1.165) is 22.5 Å². The maximum absolute atomic E-state index is 12.8. The lowest BCUT2D eigenvalue weighted by Crippen LogP contribution is -2.16. The molecule has 4 rings (SSSR count). The number of benzene rings is 3. The highest BCUT2D eigenvalue weighted by Gasteiger charge is 2.20. The van der Waals surface area contributed by atoms with Crippen molar-refractivity contribution in [3.63, 3.8) is 0 Å². The monoisotopic (exact) mass is 521 g/mol. The maximum atomic E-state index is 12.8. The van der Waals surface area contributed by atoms with Gasteiger partial charge in [0.2, 0.25) is 0 Å². The summed E-state index contributed by atoms with van der Waals surface area (Å²) in [5.74, 6) is -0.603. The molecule has 33 heavy (non-hydrogen) atoms. The topological polar surface area (TPSA) is 122 Å². The van der Waals surface area contributed by atoms with Crippen molar-refractivity contribution >= 4 is 69.7 Å². The van der Waals surface area contributed by atoms with Gasteiger partial charge < -0.3 is 0 Å². The molecule has 0 radical (unpaired) electrons. The number of para-hydroxylation sites is 1. The van der Waals surface area contributed by atoms with Gasteiger partial charge in [-0.15, -0.1) is 0 Å². The number of sulfone groups is 1. The lowest BCUT2D eigenvalue weighted by atomic mass is 10.2. The summed E-state index contributed by atoms with van der Waals surface area (Å²) in [7, 11) is -7.49. The molecule has 0 aliphatic carbocycles. The molecule has 1 aromatic heterocycles. The quantitative estimate of drug-likeness (QED) is 0.387. The number of hydrogen-bond acceptors (Lipinski definition) is 7. The molecule has 12 heteroatoms. The molecule has 0 fully saturated rings. The summed E-state index contributed by atoms with van der Waals surface area (Å²) in [5, 5.41) is 3.08. The Bertz CT molecular complexity index is 1550. The fraction of sp³-hybridized carbons (Fsp3) is 0.0476. The molecular weight excluding hydrogens is 506 g/mol. The molecular formula is C21H16ClN3O5S3. The number of carbonyl (C=O) groups is 1. The van der Waals surface area contributed by atoms with Gasteiger partial charge in [-0.05, 0) is 54.6 Å². The molecule has 0 bridgehead atoms. The van der Waals surface area contributed by atoms with Crippen molar-refractivity contribution in [2.75, 3.05) is 16.3 Å². The van der Waals surface area contributed by atoms with Gasteiger partial charge in [-0.3, -0.25) is 14.8 Å². The number of fused-ring (bicyclic) bond motifs is 1. The molecule has 170 valence electrons. The number of amides is 1. The molecule has 1 heterocycles. The SMILES string of the molecule is CS(=O)(=O)c1ccc(NS(=O)(=O)c2ccc(Cl)c(C(=O)Nc3nc4ccccc4s3)c2)cc1. The fourth-order valence-corrected chi connectivity index (χ4v) is 5.70. The Morgan fingerprint density at radius 3 is 2.27 bits per heavy atom. The summed E-state index contributed by atoms with van der Waals surface area (Å²) in [6.45, 7) is 0. The molecule has 0 aliphatic rings. The highest BCUT2D eigenvalue weighted by molar-refractivity contribution is 7.92. The van der Waals surface area contributed by atoms with Gasteiger partial charge in [0.25, 0.3) is 15.9 Å². The van der Waals surface area contributed by atoms with E-state index in [4.69, 9.17) is 11.6 Å². The normalized spacial score (nSPS) is 11.9. The highest BCUT2D eigenvalue weighted by atomic mass is 35.5. The molecule has 0 spiro atoms. The van der Waals surface area contributed by atoms with Crippen LogP contribution in [0.4, 0.5) is 10.8 Å². The molecule has 0 atom stereocenters. The first kappa shape index (κ1) is 23.2. The number of aromatic nitrogens is 1. The largest absolute Gasteiger partial charge is 0.298 e. The van der Waals surface area contributed by atoms with Gasteiger partial charge >= 0.3 is 0 Å². The molecule has 3 aromatic carbocycles. The molecule has 0 saturated heterocycles. The molecule has 4 aromatic rings. The number of halogens is 1. The Morgan fingerprint density at radius 2 is 1.61 bits per heavy atom. The zero-order chi connectivity index (χ0) is 23.8. The molecule has 0 unspecified atom stereocenters. The first-order valence-corrected chi connectivity index (χ1v) is 13.9. The summed E-state index contributed by atoms with van der Waals surface area (Å²) < 4.78 is 52.1. The Kier molecular flexibility index (Phi) is 6.14. The highest BCUT2D eigenvalue weighted by Crippen LogP contribution is 2.28. The summed E-state index contributed by atoms with van der Waals surface area (Å²) in [5.41, 5.74) is 0.857. The average Bonchev–Trinajstić information content (AvgIpc) is 3.15. The van der Waals surface area contributed by atoms with Crippen LogP contribution in [-0.2, 0) is 19.9 Å². The van der Waals surface area contributed by atoms with Crippen LogP contribution in [0.5, 0.6) is 0 Å². The van der Waals surface area contributed by atoms with Crippen LogP contribution < -0.4 is 10.0 Å². The van der Waals surface area contributed by atoms with Crippen molar-refractivity contribution < 1.29 is 21.6 Å². The lowest BCUT2D eigenvalue weighted by Gasteiger charge is -2.11. The summed E-state index contributed by atoms with van der Waals surface area (Å²) in [6, 6.07) is 16.4. The fourth-order valence-electron chi connectivity index (χ4n) is 2.92. The molecule has 2 N–H and O–H groups in total. The van der Waals surface area contributed by atoms with Gasteiger partial charge in [0.15, 0.2) is 15.0 Å². The van der Waals surface area contributed by atoms with Crippen LogP contribution >= 0.6 is 22.9 Å². The zero-order valence-corrected chi connectivity index (χ0v) is 20.1. The summed E-state index contributed by atoms with van der Waals surface area (Å²) in [6.07, 6.45) is 1.06. The van der Waals surface area contributed by atoms with Crippen molar-refractivity contribution in [3.05, 3.63) is 77.3 Å². The van der Waals surface area contributed by atoms with Gasteiger partial charge in [-0.1, -0.05) is 35.1 Å². The van der Waals surface area contributed by atoms with E-state index in [1.54, 1.807) is 0 Å². The Hall–Kier alpha value is -2.99. The van der Waals surface area contributed by atoms with Crippen molar-refractivity contribution in [2.45, 2.75) is 9.79 Å². The second-order valence-electron chi connectivity index (χ2n) is 6.98. The molecule has 0 saturated carbocycles. The van der Waals surface area contributed by atoms with E-state index < -0.39 is 25.8 Å². The Balaban J connectivity index is 1.58. The van der Waals surface area contributed by atoms with Crippen LogP contribution in [0.3, 0.4) is 0 Å². The number of rotatable bonds is 6. The first-order valence-electron chi connectivity index (χ1n) is 9.32. The third kappa shape index (κ3) is 5.17. The maximum Gasteiger partial charge on any atom is 0.261 e. The van der Waals surface area contributed by atoms with Gasteiger partial charge in [0.05, 0.1) is 30.6 Å². The number of anilines is 2. The van der Waals surface area contributed by atoms with Gasteiger partial charge in [-0.25, -0.2) is 21.8 Å². The number of hydrogen-bond donors (Lipinski definition) is 2. The number of thiazole rings is 1. The van der Waals surface area contributed by atoms with Crippen LogP contribution in [0, 0.1) is 0 Å². The van der Waals surface area contributed by atoms with Crippen molar-refractivity contribution in [2.24, 2.45) is 0 Å². The molecule has 8 nitrogen and oxygen atoms in total. The van der Waals surface area contributed by atoms with E-state index in [1.165, 1.54) is 47.7 Å². The second-order valence-corrected chi connectivity index (χ2v) is 12.1. The Labute approximate surface area is 199 Å². The lowest BCUT2D eigenvalue weighted by molar-refractivity contribution is 0.102. The van der Waals surface area contributed by atoms with Crippen LogP contribution in [0.2, 0.25) is 5.02 Å². The zero-order valence-electron chi connectivity index (χ0n) is 16.9. The van der Waals surface area contributed by atoms with E-state index in [0.29, 0.717) is 5.13 Å². The van der Waals surface area contributed by atoms with Crippen molar-refractivity contribution in [1.82, 2.24) is 4.98 Å². The van der Waals surface area contributed by atoms with Crippen LogP contribution in [-0.4, -0.2) is 34.0 Å². The van der Waals surface area contributed by atoms with Crippen LogP contribution in [0.25, 0.3) is 10.2 Å². The molecule has 1 amide bonds. The third-order valence-electron chi connectivity index (χ3n) is 4.54. The summed E-state index contributed by atoms with van der Waals surface area (Å²) in [4.78, 5) is 17.0. The third-order valence-corrected chi connectivity index (χ3v) is 8.33. The van der Waals surface area contributed by atoms with Gasteiger partial charge in [0, 0.05) is 11.9 Å². The van der Waals surface area contributed by atoms with E-state index in [2.05, 4.69) is 15.0 Å². The standard InChI is InChI=1S/C21H16ClN3O5S3/c1-32(27,28)14-8-6-13(7-9-14)25-33(29,30)15-10-11-17(22)16(12-15)20(26)24-21-23-18-4-2-3-5-19(18)31-21/h2-12,25H,1H3,(H,23,24,26). The number of sulfonamides is 1. The van der Waals surface area contributed by atoms with E-state index in [1.807, 2.05) is 24.3 Å². The minimum absolute atomic E-state index is 0.0359. The van der Waals surface area contributed by atoms with E-state index >= 15 is 0 Å². The van der Waals surface area contributed by atoms with Gasteiger partial charge in [0.1, 0.15) is 0 Å². The average molecular weight is 522 g/mol.